The number of methoxy groups -OCH3 is 1. The summed E-state index contributed by atoms with van der Waals surface area (Å²) in [7, 11) is 1.45. The van der Waals surface area contributed by atoms with Gasteiger partial charge in [0.05, 0.1) is 12.8 Å². The second-order valence-electron chi connectivity index (χ2n) is 5.24. The zero-order valence-corrected chi connectivity index (χ0v) is 15.1. The molecule has 7 nitrogen and oxygen atoms in total. The van der Waals surface area contributed by atoms with Crippen LogP contribution in [0.15, 0.2) is 36.4 Å². The summed E-state index contributed by atoms with van der Waals surface area (Å²) in [5, 5.41) is 10.6. The molecule has 1 aromatic carbocycles. The molecule has 140 valence electrons. The number of aryl methyl sites for hydroxylation is 1. The molecule has 0 unspecified atom stereocenters. The van der Waals surface area contributed by atoms with Gasteiger partial charge in [-0.15, -0.1) is 21.5 Å². The van der Waals surface area contributed by atoms with Gasteiger partial charge in [-0.05, 0) is 37.3 Å². The van der Waals surface area contributed by atoms with E-state index < -0.39 is 12.5 Å². The van der Waals surface area contributed by atoms with Crippen LogP contribution in [0.25, 0.3) is 11.3 Å². The van der Waals surface area contributed by atoms with Gasteiger partial charge in [0, 0.05) is 16.5 Å². The Morgan fingerprint density at radius 3 is 2.48 bits per heavy atom. The number of carbonyl (C=O) groups excluding carboxylic acids is 1. The summed E-state index contributed by atoms with van der Waals surface area (Å²) in [4.78, 5) is 17.5. The Labute approximate surface area is 157 Å². The minimum absolute atomic E-state index is 0.0632. The van der Waals surface area contributed by atoms with Gasteiger partial charge >= 0.3 is 6.61 Å². The fourth-order valence-electron chi connectivity index (χ4n) is 2.22. The fourth-order valence-corrected chi connectivity index (χ4v) is 3.05. The minimum Gasteiger partial charge on any atom is -0.480 e. The highest BCUT2D eigenvalue weighted by atomic mass is 32.1. The van der Waals surface area contributed by atoms with E-state index in [-0.39, 0.29) is 11.4 Å². The number of alkyl halides is 2. The van der Waals surface area contributed by atoms with Gasteiger partial charge in [0.2, 0.25) is 5.88 Å². The predicted octanol–water partition coefficient (Wildman–Crippen LogP) is 3.77. The molecule has 0 aliphatic heterocycles. The average Bonchev–Trinajstić information content (AvgIpc) is 3.02. The number of rotatable bonds is 6. The van der Waals surface area contributed by atoms with Crippen molar-refractivity contribution in [2.75, 3.05) is 12.4 Å². The van der Waals surface area contributed by atoms with Gasteiger partial charge in [-0.2, -0.15) is 8.78 Å². The first-order valence-electron chi connectivity index (χ1n) is 7.68. The van der Waals surface area contributed by atoms with E-state index in [4.69, 9.17) is 4.74 Å². The molecule has 0 fully saturated rings. The molecule has 0 saturated carbocycles. The molecule has 0 atom stereocenters. The van der Waals surface area contributed by atoms with Crippen molar-refractivity contribution < 1.29 is 23.0 Å². The first-order valence-corrected chi connectivity index (χ1v) is 8.49. The Hall–Kier alpha value is -3.14. The minimum atomic E-state index is -2.88. The maximum absolute atomic E-state index is 12.2. The second kappa shape index (κ2) is 8.04. The summed E-state index contributed by atoms with van der Waals surface area (Å²) >= 11 is 1.29. The monoisotopic (exact) mass is 392 g/mol. The molecule has 0 saturated heterocycles. The highest BCUT2D eigenvalue weighted by molar-refractivity contribution is 7.16. The normalized spacial score (nSPS) is 10.7. The lowest BCUT2D eigenvalue weighted by Crippen LogP contribution is -2.14. The van der Waals surface area contributed by atoms with Crippen molar-refractivity contribution in [3.8, 4) is 22.9 Å². The van der Waals surface area contributed by atoms with Crippen molar-refractivity contribution in [1.82, 2.24) is 15.2 Å². The molecule has 3 aromatic rings. The Bertz CT molecular complexity index is 930. The Kier molecular flexibility index (Phi) is 5.55. The summed E-state index contributed by atoms with van der Waals surface area (Å²) in [6, 6.07) is 9.14. The number of ether oxygens (including phenoxy) is 2. The van der Waals surface area contributed by atoms with E-state index >= 15 is 0 Å². The number of amides is 1. The maximum atomic E-state index is 12.2. The van der Waals surface area contributed by atoms with E-state index in [1.807, 2.05) is 6.92 Å². The molecule has 0 radical (unpaired) electrons. The standard InChI is InChI=1S/C17H14F2N4O3S/c1-9-14(10-3-5-11(6-4-10)26-16(18)19)20-17(27-9)21-15(24)12-7-8-13(25-2)23-22-12/h3-8,16H,1-2H3,(H,20,21,24). The third kappa shape index (κ3) is 4.53. The van der Waals surface area contributed by atoms with Gasteiger partial charge in [0.15, 0.2) is 10.8 Å². The molecule has 1 N–H and O–H groups in total. The lowest BCUT2D eigenvalue weighted by molar-refractivity contribution is -0.0498. The fraction of sp³-hybridized carbons (Fsp3) is 0.176. The van der Waals surface area contributed by atoms with Crippen LogP contribution in [0, 0.1) is 6.92 Å². The van der Waals surface area contributed by atoms with Crippen LogP contribution < -0.4 is 14.8 Å². The molecular formula is C17H14F2N4O3S. The summed E-state index contributed by atoms with van der Waals surface area (Å²) in [5.41, 5.74) is 1.48. The number of anilines is 1. The summed E-state index contributed by atoms with van der Waals surface area (Å²) in [5.74, 6) is -0.0856. The molecule has 3 rings (SSSR count). The van der Waals surface area contributed by atoms with Gasteiger partial charge in [0.1, 0.15) is 5.75 Å². The Balaban J connectivity index is 1.74. The van der Waals surface area contributed by atoms with Crippen LogP contribution in [0.2, 0.25) is 0 Å². The zero-order chi connectivity index (χ0) is 19.4. The van der Waals surface area contributed by atoms with Gasteiger partial charge in [0.25, 0.3) is 5.91 Å². The van der Waals surface area contributed by atoms with Crippen LogP contribution in [0.5, 0.6) is 11.6 Å². The van der Waals surface area contributed by atoms with Crippen LogP contribution in [-0.4, -0.2) is 34.8 Å². The predicted molar refractivity (Wildman–Crippen MR) is 95.5 cm³/mol. The Morgan fingerprint density at radius 2 is 1.89 bits per heavy atom. The quantitative estimate of drug-likeness (QED) is 0.687. The highest BCUT2D eigenvalue weighted by Crippen LogP contribution is 2.31. The number of nitrogens with zero attached hydrogens (tertiary/aromatic N) is 3. The van der Waals surface area contributed by atoms with Crippen molar-refractivity contribution in [3.05, 3.63) is 47.0 Å². The molecule has 0 spiro atoms. The van der Waals surface area contributed by atoms with Crippen molar-refractivity contribution >= 4 is 22.4 Å². The zero-order valence-electron chi connectivity index (χ0n) is 14.3. The molecule has 10 heteroatoms. The lowest BCUT2D eigenvalue weighted by Gasteiger charge is -2.05. The van der Waals surface area contributed by atoms with Crippen LogP contribution in [0.4, 0.5) is 13.9 Å². The van der Waals surface area contributed by atoms with E-state index in [0.717, 1.165) is 10.4 Å². The first-order chi connectivity index (χ1) is 13.0. The summed E-state index contributed by atoms with van der Waals surface area (Å²) in [6.07, 6.45) is 0. The smallest absolute Gasteiger partial charge is 0.387 e. The topological polar surface area (TPSA) is 86.2 Å². The third-order valence-electron chi connectivity index (χ3n) is 3.45. The molecule has 1 amide bonds. The van der Waals surface area contributed by atoms with E-state index in [9.17, 15) is 13.6 Å². The number of nitrogens with one attached hydrogen (secondary N) is 1. The highest BCUT2D eigenvalue weighted by Gasteiger charge is 2.15. The molecule has 0 aliphatic rings. The van der Waals surface area contributed by atoms with Crippen LogP contribution in [-0.2, 0) is 0 Å². The van der Waals surface area contributed by atoms with Crippen molar-refractivity contribution in [2.45, 2.75) is 13.5 Å². The number of thiazole rings is 1. The molecular weight excluding hydrogens is 378 g/mol. The number of aromatic nitrogens is 3. The number of benzene rings is 1. The second-order valence-corrected chi connectivity index (χ2v) is 6.44. The van der Waals surface area contributed by atoms with Crippen molar-refractivity contribution in [1.29, 1.82) is 0 Å². The van der Waals surface area contributed by atoms with E-state index in [0.29, 0.717) is 16.7 Å². The number of halogens is 2. The van der Waals surface area contributed by atoms with Crippen molar-refractivity contribution in [2.24, 2.45) is 0 Å². The van der Waals surface area contributed by atoms with Crippen molar-refractivity contribution in [3.63, 3.8) is 0 Å². The summed E-state index contributed by atoms with van der Waals surface area (Å²) < 4.78 is 33.7. The van der Waals surface area contributed by atoms with E-state index in [1.165, 1.54) is 42.7 Å². The van der Waals surface area contributed by atoms with Gasteiger partial charge < -0.3 is 9.47 Å². The first kappa shape index (κ1) is 18.6. The SMILES string of the molecule is COc1ccc(C(=O)Nc2nc(-c3ccc(OC(F)F)cc3)c(C)s2)nn1. The van der Waals surface area contributed by atoms with Gasteiger partial charge in [-0.1, -0.05) is 0 Å². The largest absolute Gasteiger partial charge is 0.480 e. The van der Waals surface area contributed by atoms with Crippen LogP contribution in [0.1, 0.15) is 15.4 Å². The number of carbonyl (C=O) groups is 1. The molecule has 27 heavy (non-hydrogen) atoms. The van der Waals surface area contributed by atoms with Crippen LogP contribution >= 0.6 is 11.3 Å². The lowest BCUT2D eigenvalue weighted by atomic mass is 10.1. The molecule has 2 heterocycles. The van der Waals surface area contributed by atoms with E-state index in [1.54, 1.807) is 12.1 Å². The summed E-state index contributed by atoms with van der Waals surface area (Å²) in [6.45, 7) is -1.03. The third-order valence-corrected chi connectivity index (χ3v) is 4.34. The van der Waals surface area contributed by atoms with Crippen LogP contribution in [0.3, 0.4) is 0 Å². The van der Waals surface area contributed by atoms with Gasteiger partial charge in [-0.25, -0.2) is 4.98 Å². The average molecular weight is 392 g/mol. The maximum Gasteiger partial charge on any atom is 0.387 e. The number of hydrogen-bond acceptors (Lipinski definition) is 7. The van der Waals surface area contributed by atoms with Gasteiger partial charge in [-0.3, -0.25) is 10.1 Å². The molecule has 0 bridgehead atoms. The molecule has 2 aromatic heterocycles. The van der Waals surface area contributed by atoms with E-state index in [2.05, 4.69) is 25.2 Å². The molecule has 0 aliphatic carbocycles. The Morgan fingerprint density at radius 1 is 1.15 bits per heavy atom. The number of hydrogen-bond donors (Lipinski definition) is 1.